The Morgan fingerprint density at radius 2 is 2.05 bits per heavy atom. The molecule has 2 aromatic rings. The first-order valence-corrected chi connectivity index (χ1v) is 5.94. The number of carbonyl (C=O) groups excluding carboxylic acids is 1. The first-order valence-electron chi connectivity index (χ1n) is 5.94. The number of hydrogen-bond donors (Lipinski definition) is 2. The second kappa shape index (κ2) is 5.64. The molecule has 0 saturated heterocycles. The van der Waals surface area contributed by atoms with Gasteiger partial charge in [0.15, 0.2) is 11.6 Å². The Balaban J connectivity index is 2.19. The number of halogens is 2. The van der Waals surface area contributed by atoms with E-state index in [1.165, 1.54) is 0 Å². The van der Waals surface area contributed by atoms with Crippen molar-refractivity contribution in [1.29, 1.82) is 0 Å². The topological polar surface area (TPSA) is 68.0 Å². The maximum Gasteiger partial charge on any atom is 0.253 e. The molecule has 1 heterocycles. The number of nitrogens with one attached hydrogen (secondary N) is 1. The van der Waals surface area contributed by atoms with E-state index in [2.05, 4.69) is 10.3 Å². The molecule has 0 aliphatic heterocycles. The summed E-state index contributed by atoms with van der Waals surface area (Å²) in [5, 5.41) is 2.65. The van der Waals surface area contributed by atoms with Crippen LogP contribution < -0.4 is 11.1 Å². The van der Waals surface area contributed by atoms with Crippen molar-refractivity contribution in [3.05, 3.63) is 59.4 Å². The monoisotopic (exact) mass is 277 g/mol. The molecule has 1 atom stereocenters. The van der Waals surface area contributed by atoms with Gasteiger partial charge in [-0.2, -0.15) is 0 Å². The lowest BCUT2D eigenvalue weighted by molar-refractivity contribution is 0.0940. The van der Waals surface area contributed by atoms with Crippen molar-refractivity contribution in [1.82, 2.24) is 10.3 Å². The van der Waals surface area contributed by atoms with Crippen LogP contribution in [0.25, 0.3) is 0 Å². The van der Waals surface area contributed by atoms with E-state index in [-0.39, 0.29) is 17.3 Å². The molecule has 4 nitrogen and oxygen atoms in total. The highest BCUT2D eigenvalue weighted by atomic mass is 19.2. The van der Waals surface area contributed by atoms with Gasteiger partial charge in [-0.3, -0.25) is 9.78 Å². The van der Waals surface area contributed by atoms with Gasteiger partial charge in [0.2, 0.25) is 0 Å². The lowest BCUT2D eigenvalue weighted by Crippen LogP contribution is -2.27. The number of nitrogens with zero attached hydrogens (tertiary/aromatic N) is 1. The highest BCUT2D eigenvalue weighted by Gasteiger charge is 2.16. The van der Waals surface area contributed by atoms with Crippen LogP contribution in [0.2, 0.25) is 0 Å². The molecule has 0 spiro atoms. The summed E-state index contributed by atoms with van der Waals surface area (Å²) in [6.45, 7) is 1.75. The summed E-state index contributed by atoms with van der Waals surface area (Å²) in [6, 6.07) is 4.79. The molecule has 0 aliphatic rings. The molecule has 1 amide bonds. The van der Waals surface area contributed by atoms with E-state index >= 15 is 0 Å². The van der Waals surface area contributed by atoms with Gasteiger partial charge in [-0.25, -0.2) is 8.78 Å². The normalized spacial score (nSPS) is 11.9. The van der Waals surface area contributed by atoms with Gasteiger partial charge in [0.1, 0.15) is 0 Å². The largest absolute Gasteiger partial charge is 0.398 e. The fourth-order valence-electron chi connectivity index (χ4n) is 1.75. The van der Waals surface area contributed by atoms with Crippen molar-refractivity contribution >= 4 is 11.6 Å². The fraction of sp³-hybridized carbons (Fsp3) is 0.143. The molecule has 0 saturated carbocycles. The van der Waals surface area contributed by atoms with Crippen LogP contribution in [0.15, 0.2) is 36.7 Å². The number of carbonyl (C=O) groups is 1. The zero-order valence-corrected chi connectivity index (χ0v) is 10.7. The highest BCUT2D eigenvalue weighted by molar-refractivity contribution is 5.99. The maximum atomic E-state index is 13.2. The van der Waals surface area contributed by atoms with Crippen molar-refractivity contribution < 1.29 is 13.6 Å². The molecule has 0 bridgehead atoms. The number of nitrogen functional groups attached to an aromatic ring is 1. The van der Waals surface area contributed by atoms with Crippen LogP contribution in [0.1, 0.15) is 28.9 Å². The molecule has 6 heteroatoms. The molecular formula is C14H13F2N3O. The molecule has 20 heavy (non-hydrogen) atoms. The Hall–Kier alpha value is -2.50. The predicted molar refractivity (Wildman–Crippen MR) is 70.9 cm³/mol. The van der Waals surface area contributed by atoms with Gasteiger partial charge < -0.3 is 11.1 Å². The van der Waals surface area contributed by atoms with Crippen LogP contribution in [-0.4, -0.2) is 10.9 Å². The SMILES string of the molecule is CC(NC(=O)c1cc(F)c(F)cc1N)c1cccnc1. The molecule has 0 aliphatic carbocycles. The van der Waals surface area contributed by atoms with Crippen molar-refractivity contribution in [2.45, 2.75) is 13.0 Å². The number of nitrogens with two attached hydrogens (primary N) is 1. The molecule has 3 N–H and O–H groups in total. The number of hydrogen-bond acceptors (Lipinski definition) is 3. The smallest absolute Gasteiger partial charge is 0.253 e. The van der Waals surface area contributed by atoms with Gasteiger partial charge in [0.25, 0.3) is 5.91 Å². The van der Waals surface area contributed by atoms with Crippen LogP contribution >= 0.6 is 0 Å². The standard InChI is InChI=1S/C14H13F2N3O/c1-8(9-3-2-4-18-7-9)19-14(20)10-5-11(15)12(16)6-13(10)17/h2-8H,17H2,1H3,(H,19,20). The third-order valence-electron chi connectivity index (χ3n) is 2.87. The molecule has 1 unspecified atom stereocenters. The molecule has 1 aromatic heterocycles. The summed E-state index contributed by atoms with van der Waals surface area (Å²) in [7, 11) is 0. The zero-order valence-electron chi connectivity index (χ0n) is 10.7. The third-order valence-corrected chi connectivity index (χ3v) is 2.87. The van der Waals surface area contributed by atoms with Crippen molar-refractivity contribution in [2.24, 2.45) is 0 Å². The average Bonchev–Trinajstić information content (AvgIpc) is 2.43. The Morgan fingerprint density at radius 1 is 1.35 bits per heavy atom. The summed E-state index contributed by atoms with van der Waals surface area (Å²) in [5.41, 5.74) is 6.11. The Morgan fingerprint density at radius 3 is 2.70 bits per heavy atom. The molecular weight excluding hydrogens is 264 g/mol. The summed E-state index contributed by atoms with van der Waals surface area (Å²) in [5.74, 6) is -2.77. The number of amides is 1. The van der Waals surface area contributed by atoms with E-state index in [1.807, 2.05) is 0 Å². The van der Waals surface area contributed by atoms with E-state index in [4.69, 9.17) is 5.73 Å². The van der Waals surface area contributed by atoms with E-state index in [0.717, 1.165) is 17.7 Å². The first kappa shape index (κ1) is 13.9. The summed E-state index contributed by atoms with van der Waals surface area (Å²) < 4.78 is 26.1. The Labute approximate surface area is 114 Å². The Kier molecular flexibility index (Phi) is 3.93. The van der Waals surface area contributed by atoms with Gasteiger partial charge in [0, 0.05) is 24.1 Å². The second-order valence-corrected chi connectivity index (χ2v) is 4.34. The summed E-state index contributed by atoms with van der Waals surface area (Å²) in [6.07, 6.45) is 3.23. The van der Waals surface area contributed by atoms with Gasteiger partial charge >= 0.3 is 0 Å². The van der Waals surface area contributed by atoms with E-state index < -0.39 is 17.5 Å². The zero-order chi connectivity index (χ0) is 14.7. The highest BCUT2D eigenvalue weighted by Crippen LogP contribution is 2.18. The van der Waals surface area contributed by atoms with Crippen LogP contribution in [-0.2, 0) is 0 Å². The van der Waals surface area contributed by atoms with Crippen molar-refractivity contribution in [3.8, 4) is 0 Å². The Bertz CT molecular complexity index is 632. The van der Waals surface area contributed by atoms with Crippen LogP contribution in [0, 0.1) is 11.6 Å². The fourth-order valence-corrected chi connectivity index (χ4v) is 1.75. The van der Waals surface area contributed by atoms with Crippen molar-refractivity contribution in [3.63, 3.8) is 0 Å². The van der Waals surface area contributed by atoms with E-state index in [1.54, 1.807) is 31.5 Å². The molecule has 0 radical (unpaired) electrons. The van der Waals surface area contributed by atoms with Crippen LogP contribution in [0.3, 0.4) is 0 Å². The van der Waals surface area contributed by atoms with E-state index in [0.29, 0.717) is 0 Å². The number of anilines is 1. The minimum absolute atomic E-state index is 0.0976. The maximum absolute atomic E-state index is 13.2. The average molecular weight is 277 g/mol. The summed E-state index contributed by atoms with van der Waals surface area (Å²) >= 11 is 0. The lowest BCUT2D eigenvalue weighted by Gasteiger charge is -2.15. The lowest BCUT2D eigenvalue weighted by atomic mass is 10.1. The number of rotatable bonds is 3. The third kappa shape index (κ3) is 2.90. The van der Waals surface area contributed by atoms with Crippen molar-refractivity contribution in [2.75, 3.05) is 5.73 Å². The number of pyridine rings is 1. The number of aromatic nitrogens is 1. The molecule has 2 rings (SSSR count). The molecule has 1 aromatic carbocycles. The van der Waals surface area contributed by atoms with Crippen LogP contribution in [0.5, 0.6) is 0 Å². The predicted octanol–water partition coefficient (Wildman–Crippen LogP) is 2.43. The van der Waals surface area contributed by atoms with Crippen LogP contribution in [0.4, 0.5) is 14.5 Å². The summed E-state index contributed by atoms with van der Waals surface area (Å²) in [4.78, 5) is 16.0. The number of benzene rings is 1. The van der Waals surface area contributed by atoms with Gasteiger partial charge in [-0.05, 0) is 24.6 Å². The van der Waals surface area contributed by atoms with E-state index in [9.17, 15) is 13.6 Å². The quantitative estimate of drug-likeness (QED) is 0.847. The minimum Gasteiger partial charge on any atom is -0.398 e. The second-order valence-electron chi connectivity index (χ2n) is 4.34. The molecule has 104 valence electrons. The first-order chi connectivity index (χ1) is 9.49. The molecule has 0 fully saturated rings. The van der Waals surface area contributed by atoms with Gasteiger partial charge in [-0.15, -0.1) is 0 Å². The van der Waals surface area contributed by atoms with Gasteiger partial charge in [0.05, 0.1) is 11.6 Å². The minimum atomic E-state index is -1.11. The van der Waals surface area contributed by atoms with Gasteiger partial charge in [-0.1, -0.05) is 6.07 Å².